The molecule has 0 fully saturated rings. The minimum atomic E-state index is -5.09. The molecular weight excluding hydrogens is 392 g/mol. The summed E-state index contributed by atoms with van der Waals surface area (Å²) in [6.07, 6.45) is -10.2. The number of halogens is 6. The van der Waals surface area contributed by atoms with Gasteiger partial charge in [-0.1, -0.05) is 0 Å². The summed E-state index contributed by atoms with van der Waals surface area (Å²) in [6.45, 7) is 0.740. The van der Waals surface area contributed by atoms with Crippen LogP contribution in [0, 0.1) is 0 Å². The van der Waals surface area contributed by atoms with Gasteiger partial charge >= 0.3 is 18.3 Å². The number of rotatable bonds is 6. The predicted molar refractivity (Wildman–Crippen MR) is 78.3 cm³/mol. The van der Waals surface area contributed by atoms with Crippen molar-refractivity contribution in [3.05, 3.63) is 34.9 Å². The normalized spacial score (nSPS) is 13.1. The van der Waals surface area contributed by atoms with Crippen molar-refractivity contribution in [2.45, 2.75) is 25.0 Å². The highest BCUT2D eigenvalue weighted by molar-refractivity contribution is 7.88. The maximum Gasteiger partial charge on any atom is 0.416 e. The standard InChI is InChI=1S/C14H15F6NO4S/c1-3-25-12(22)7-21(2)26(23,24)8-9-4-10(13(15,16)17)6-11(5-9)14(18,19)20/h4-6H,3,7-8H2,1-2H3. The zero-order chi connectivity index (χ0) is 20.3. The van der Waals surface area contributed by atoms with Crippen molar-refractivity contribution in [3.63, 3.8) is 0 Å². The molecule has 0 N–H and O–H groups in total. The average Bonchev–Trinajstić information content (AvgIpc) is 2.44. The average molecular weight is 407 g/mol. The molecule has 0 aliphatic rings. The Morgan fingerprint density at radius 2 is 1.50 bits per heavy atom. The zero-order valence-electron chi connectivity index (χ0n) is 13.6. The Morgan fingerprint density at radius 1 is 1.04 bits per heavy atom. The Balaban J connectivity index is 3.20. The first-order valence-electron chi connectivity index (χ1n) is 7.05. The summed E-state index contributed by atoms with van der Waals surface area (Å²) in [6, 6.07) is 0.550. The van der Waals surface area contributed by atoms with Crippen molar-refractivity contribution in [2.24, 2.45) is 0 Å². The van der Waals surface area contributed by atoms with E-state index in [4.69, 9.17) is 0 Å². The quantitative estimate of drug-likeness (QED) is 0.537. The molecule has 0 bridgehead atoms. The van der Waals surface area contributed by atoms with E-state index >= 15 is 0 Å². The third-order valence-electron chi connectivity index (χ3n) is 3.13. The Labute approximate surface area is 145 Å². The van der Waals surface area contributed by atoms with Gasteiger partial charge < -0.3 is 4.74 Å². The first-order valence-corrected chi connectivity index (χ1v) is 8.65. The molecule has 0 spiro atoms. The van der Waals surface area contributed by atoms with Gasteiger partial charge in [0.25, 0.3) is 0 Å². The lowest BCUT2D eigenvalue weighted by Gasteiger charge is -2.18. The number of hydrogen-bond donors (Lipinski definition) is 0. The fraction of sp³-hybridized carbons (Fsp3) is 0.500. The van der Waals surface area contributed by atoms with E-state index in [1.165, 1.54) is 6.92 Å². The fourth-order valence-corrected chi connectivity index (χ4v) is 3.02. The SMILES string of the molecule is CCOC(=O)CN(C)S(=O)(=O)Cc1cc(C(F)(F)F)cc(C(F)(F)F)c1. The summed E-state index contributed by atoms with van der Waals surface area (Å²) >= 11 is 0. The minimum Gasteiger partial charge on any atom is -0.465 e. The molecule has 1 rings (SSSR count). The lowest BCUT2D eigenvalue weighted by Crippen LogP contribution is -2.34. The molecule has 0 amide bonds. The van der Waals surface area contributed by atoms with Crippen LogP contribution in [0.4, 0.5) is 26.3 Å². The molecule has 1 aromatic carbocycles. The number of hydrogen-bond acceptors (Lipinski definition) is 4. The summed E-state index contributed by atoms with van der Waals surface area (Å²) in [5.74, 6) is -2.05. The molecule has 12 heteroatoms. The Hall–Kier alpha value is -1.82. The molecule has 0 radical (unpaired) electrons. The third-order valence-corrected chi connectivity index (χ3v) is 4.91. The molecule has 1 aromatic rings. The number of carbonyl (C=O) groups excluding carboxylic acids is 1. The van der Waals surface area contributed by atoms with Gasteiger partial charge in [-0.25, -0.2) is 8.42 Å². The van der Waals surface area contributed by atoms with Crippen molar-refractivity contribution in [3.8, 4) is 0 Å². The van der Waals surface area contributed by atoms with Crippen molar-refractivity contribution in [2.75, 3.05) is 20.2 Å². The van der Waals surface area contributed by atoms with Gasteiger partial charge in [-0.15, -0.1) is 0 Å². The van der Waals surface area contributed by atoms with Crippen LogP contribution in [0.3, 0.4) is 0 Å². The third kappa shape index (κ3) is 6.16. The van der Waals surface area contributed by atoms with Crippen LogP contribution in [-0.4, -0.2) is 38.9 Å². The van der Waals surface area contributed by atoms with Crippen LogP contribution in [0.15, 0.2) is 18.2 Å². The molecule has 0 saturated carbocycles. The van der Waals surface area contributed by atoms with Gasteiger partial charge in [0.1, 0.15) is 6.54 Å². The van der Waals surface area contributed by atoms with E-state index in [9.17, 15) is 39.6 Å². The second kappa shape index (κ2) is 7.82. The summed E-state index contributed by atoms with van der Waals surface area (Å²) in [7, 11) is -3.39. The van der Waals surface area contributed by atoms with Gasteiger partial charge in [0.2, 0.25) is 10.0 Å². The summed E-state index contributed by atoms with van der Waals surface area (Å²) in [4.78, 5) is 11.3. The highest BCUT2D eigenvalue weighted by Crippen LogP contribution is 2.36. The van der Waals surface area contributed by atoms with Crippen molar-refractivity contribution in [1.29, 1.82) is 0 Å². The van der Waals surface area contributed by atoms with Crippen molar-refractivity contribution >= 4 is 16.0 Å². The zero-order valence-corrected chi connectivity index (χ0v) is 14.4. The topological polar surface area (TPSA) is 63.7 Å². The van der Waals surface area contributed by atoms with E-state index in [1.54, 1.807) is 0 Å². The number of sulfonamides is 1. The van der Waals surface area contributed by atoms with Gasteiger partial charge in [-0.3, -0.25) is 4.79 Å². The predicted octanol–water partition coefficient (Wildman–Crippen LogP) is 3.05. The van der Waals surface area contributed by atoms with Crippen LogP contribution < -0.4 is 0 Å². The first kappa shape index (κ1) is 22.2. The van der Waals surface area contributed by atoms with E-state index in [-0.39, 0.29) is 12.7 Å². The van der Waals surface area contributed by atoms with E-state index < -0.39 is 57.3 Å². The molecule has 0 saturated heterocycles. The molecule has 0 unspecified atom stereocenters. The van der Waals surface area contributed by atoms with E-state index in [1.807, 2.05) is 0 Å². The van der Waals surface area contributed by atoms with E-state index in [0.717, 1.165) is 7.05 Å². The van der Waals surface area contributed by atoms with Crippen molar-refractivity contribution < 1.29 is 44.3 Å². The second-order valence-electron chi connectivity index (χ2n) is 5.23. The monoisotopic (exact) mass is 407 g/mol. The summed E-state index contributed by atoms with van der Waals surface area (Å²) < 4.78 is 106. The van der Waals surface area contributed by atoms with Crippen LogP contribution in [0.2, 0.25) is 0 Å². The van der Waals surface area contributed by atoms with Crippen molar-refractivity contribution in [1.82, 2.24) is 4.31 Å². The highest BCUT2D eigenvalue weighted by Gasteiger charge is 2.37. The molecule has 0 aliphatic heterocycles. The largest absolute Gasteiger partial charge is 0.465 e. The maximum absolute atomic E-state index is 12.8. The molecule has 0 atom stereocenters. The van der Waals surface area contributed by atoms with Gasteiger partial charge in [-0.05, 0) is 30.7 Å². The summed E-state index contributed by atoms with van der Waals surface area (Å²) in [5, 5.41) is 0. The number of esters is 1. The summed E-state index contributed by atoms with van der Waals surface area (Å²) in [5.41, 5.74) is -3.95. The lowest BCUT2D eigenvalue weighted by molar-refractivity contribution is -0.144. The Bertz CT molecular complexity index is 725. The van der Waals surface area contributed by atoms with Gasteiger partial charge in [-0.2, -0.15) is 30.6 Å². The van der Waals surface area contributed by atoms with Crippen LogP contribution in [0.1, 0.15) is 23.6 Å². The molecular formula is C14H15F6NO4S. The molecule has 0 aliphatic carbocycles. The van der Waals surface area contributed by atoms with Gasteiger partial charge in [0.05, 0.1) is 23.5 Å². The van der Waals surface area contributed by atoms with Crippen LogP contribution in [-0.2, 0) is 37.7 Å². The highest BCUT2D eigenvalue weighted by atomic mass is 32.2. The van der Waals surface area contributed by atoms with Crippen LogP contribution >= 0.6 is 0 Å². The van der Waals surface area contributed by atoms with Crippen LogP contribution in [0.5, 0.6) is 0 Å². The number of carbonyl (C=O) groups is 1. The lowest BCUT2D eigenvalue weighted by atomic mass is 10.1. The van der Waals surface area contributed by atoms with E-state index in [0.29, 0.717) is 16.4 Å². The minimum absolute atomic E-state index is 0.0186. The Kier molecular flexibility index (Phi) is 6.69. The second-order valence-corrected chi connectivity index (χ2v) is 7.31. The van der Waals surface area contributed by atoms with Gasteiger partial charge in [0, 0.05) is 7.05 Å². The number of likely N-dealkylation sites (N-methyl/N-ethyl adjacent to an activating group) is 1. The number of nitrogens with zero attached hydrogens (tertiary/aromatic N) is 1. The fourth-order valence-electron chi connectivity index (χ4n) is 1.91. The molecule has 26 heavy (non-hydrogen) atoms. The number of ether oxygens (including phenoxy) is 1. The Morgan fingerprint density at radius 3 is 1.88 bits per heavy atom. The van der Waals surface area contributed by atoms with E-state index in [2.05, 4.69) is 4.74 Å². The smallest absolute Gasteiger partial charge is 0.416 e. The molecule has 0 aromatic heterocycles. The number of benzene rings is 1. The number of alkyl halides is 6. The van der Waals surface area contributed by atoms with Crippen LogP contribution in [0.25, 0.3) is 0 Å². The maximum atomic E-state index is 12.8. The molecule has 148 valence electrons. The van der Waals surface area contributed by atoms with Gasteiger partial charge in [0.15, 0.2) is 0 Å². The molecule has 5 nitrogen and oxygen atoms in total. The molecule has 0 heterocycles. The first-order chi connectivity index (χ1) is 11.7.